The second-order valence-electron chi connectivity index (χ2n) is 29.8. The van der Waals surface area contributed by atoms with E-state index in [4.69, 9.17) is 0 Å². The Kier molecular flexibility index (Phi) is 16.4. The van der Waals surface area contributed by atoms with E-state index in [1.54, 1.807) is 0 Å². The van der Waals surface area contributed by atoms with Crippen molar-refractivity contribution in [3.63, 3.8) is 0 Å². The van der Waals surface area contributed by atoms with Gasteiger partial charge in [-0.05, 0) is 298 Å². The molecule has 0 bridgehead atoms. The Bertz CT molecular complexity index is 7440. The van der Waals surface area contributed by atoms with Gasteiger partial charge in [0.05, 0.1) is 0 Å². The third kappa shape index (κ3) is 12.1. The van der Waals surface area contributed by atoms with Gasteiger partial charge in [0.1, 0.15) is 0 Å². The fourth-order valence-corrected chi connectivity index (χ4v) is 17.5. The third-order valence-electron chi connectivity index (χ3n) is 23.2. The SMILES string of the molecule is c1ccc(-c2ccc3c(c2)c(-c2ccc(-c4ccc5ccccc5c4)cc2)cc2c4ccc(-c5ccccc5)cc4c(-c4ccc5ccccc5c4)cc32)cc1.c1ccc(-c2ccc3c(c2)c(-c2cccc(-c4ccc5ccccc5c4)c2)cc2c4ccc(-c5ccccc5)cc4c(-c4ccc5ccccc5c4)cc32)cc1. The van der Waals surface area contributed by atoms with Crippen molar-refractivity contribution < 1.29 is 0 Å². The summed E-state index contributed by atoms with van der Waals surface area (Å²) in [4.78, 5) is 0. The van der Waals surface area contributed by atoms with E-state index in [9.17, 15) is 0 Å². The molecule has 520 valence electrons. The van der Waals surface area contributed by atoms with Crippen LogP contribution in [0.3, 0.4) is 0 Å². The van der Waals surface area contributed by atoms with Crippen molar-refractivity contribution in [3.8, 4) is 111 Å². The zero-order valence-corrected chi connectivity index (χ0v) is 61.6. The average molecular weight is 1420 g/mol. The van der Waals surface area contributed by atoms with Crippen LogP contribution in [0.5, 0.6) is 0 Å². The highest BCUT2D eigenvalue weighted by molar-refractivity contribution is 6.27. The van der Waals surface area contributed by atoms with Gasteiger partial charge in [0.2, 0.25) is 0 Å². The largest absolute Gasteiger partial charge is 0.0622 e. The van der Waals surface area contributed by atoms with E-state index in [1.807, 2.05) is 0 Å². The van der Waals surface area contributed by atoms with Gasteiger partial charge in [-0.15, -0.1) is 0 Å². The highest BCUT2D eigenvalue weighted by Crippen LogP contribution is 2.48. The summed E-state index contributed by atoms with van der Waals surface area (Å²) in [5.74, 6) is 0. The quantitative estimate of drug-likeness (QED) is 0.120. The van der Waals surface area contributed by atoms with Gasteiger partial charge in [0, 0.05) is 0 Å². The van der Waals surface area contributed by atoms with Crippen molar-refractivity contribution >= 4 is 108 Å². The van der Waals surface area contributed by atoms with Crippen molar-refractivity contribution in [2.45, 2.75) is 0 Å². The Morgan fingerprint density at radius 1 is 0.0804 bits per heavy atom. The maximum Gasteiger partial charge on any atom is -0.00923 e. The van der Waals surface area contributed by atoms with Crippen molar-refractivity contribution in [2.24, 2.45) is 0 Å². The fourth-order valence-electron chi connectivity index (χ4n) is 17.5. The van der Waals surface area contributed by atoms with Gasteiger partial charge >= 0.3 is 0 Å². The minimum absolute atomic E-state index is 1.21. The number of benzene rings is 22. The lowest BCUT2D eigenvalue weighted by molar-refractivity contribution is 1.62. The molecule has 0 unspecified atom stereocenters. The first-order valence-electron chi connectivity index (χ1n) is 38.8. The Hall–Kier alpha value is -14.6. The molecule has 0 atom stereocenters. The number of hydrogen-bond donors (Lipinski definition) is 0. The van der Waals surface area contributed by atoms with Gasteiger partial charge in [-0.3, -0.25) is 0 Å². The van der Waals surface area contributed by atoms with E-state index in [0.717, 1.165) is 0 Å². The molecule has 0 nitrogen and oxygen atoms in total. The standard InChI is InChI=1S/2C56H36/c1-3-12-37(13-4-1)45-26-28-49-53(33-45)51(47-21-11-20-43(32-47)44-24-22-39-16-7-9-18-41(39)30-44)35-55-50-29-27-46(38-14-5-2-6-15-38)34-54(50)52(36-56(49)55)48-25-23-40-17-8-10-19-42(40)31-48;1-3-11-37(12-4-1)46-27-29-49-53(33-46)51(42-23-19-41(20-24-42)45-25-21-39-15-7-9-17-43(39)31-45)35-55-50-30-28-47(38-13-5-2-6-14-38)34-54(50)52(36-56(49)55)48-26-22-40-16-8-10-18-44(40)32-48/h2*1-36H. The summed E-state index contributed by atoms with van der Waals surface area (Å²) in [6.45, 7) is 0. The van der Waals surface area contributed by atoms with Gasteiger partial charge in [0.25, 0.3) is 0 Å². The molecule has 0 saturated heterocycles. The van der Waals surface area contributed by atoms with E-state index in [-0.39, 0.29) is 0 Å². The van der Waals surface area contributed by atoms with Crippen LogP contribution < -0.4 is 0 Å². The zero-order chi connectivity index (χ0) is 74.0. The second kappa shape index (κ2) is 27.9. The first-order valence-corrected chi connectivity index (χ1v) is 38.8. The summed E-state index contributed by atoms with van der Waals surface area (Å²) < 4.78 is 0. The molecule has 0 saturated carbocycles. The van der Waals surface area contributed by atoms with Crippen LogP contribution in [0.15, 0.2) is 437 Å². The molecule has 0 aliphatic heterocycles. The lowest BCUT2D eigenvalue weighted by atomic mass is 9.85. The minimum Gasteiger partial charge on any atom is -0.0622 e. The Labute approximate surface area is 651 Å². The molecule has 0 amide bonds. The molecule has 0 spiro atoms. The van der Waals surface area contributed by atoms with Gasteiger partial charge in [-0.2, -0.15) is 0 Å². The van der Waals surface area contributed by atoms with Crippen LogP contribution in [0.2, 0.25) is 0 Å². The summed E-state index contributed by atoms with van der Waals surface area (Å²) in [5.41, 5.74) is 24.5. The second-order valence-corrected chi connectivity index (χ2v) is 29.8. The van der Waals surface area contributed by atoms with Crippen LogP contribution in [-0.4, -0.2) is 0 Å². The van der Waals surface area contributed by atoms with Crippen molar-refractivity contribution in [3.05, 3.63) is 437 Å². The topological polar surface area (TPSA) is 0 Å². The van der Waals surface area contributed by atoms with Crippen LogP contribution >= 0.6 is 0 Å². The maximum atomic E-state index is 2.46. The molecule has 0 N–H and O–H groups in total. The van der Waals surface area contributed by atoms with Crippen LogP contribution in [-0.2, 0) is 0 Å². The highest BCUT2D eigenvalue weighted by atomic mass is 14.2. The summed E-state index contributed by atoms with van der Waals surface area (Å²) >= 11 is 0. The Morgan fingerprint density at radius 2 is 0.277 bits per heavy atom. The predicted molar refractivity (Wildman–Crippen MR) is 482 cm³/mol. The van der Waals surface area contributed by atoms with Crippen LogP contribution in [0.25, 0.3) is 219 Å². The Balaban J connectivity index is 0.000000141. The Morgan fingerprint density at radius 3 is 0.607 bits per heavy atom. The minimum atomic E-state index is 1.21. The summed E-state index contributed by atoms with van der Waals surface area (Å²) in [7, 11) is 0. The smallest absolute Gasteiger partial charge is 0.00923 e. The molecule has 0 aliphatic rings. The lowest BCUT2D eigenvalue weighted by Gasteiger charge is -2.18. The van der Waals surface area contributed by atoms with Crippen molar-refractivity contribution in [2.75, 3.05) is 0 Å². The molecule has 112 heavy (non-hydrogen) atoms. The van der Waals surface area contributed by atoms with E-state index >= 15 is 0 Å². The molecule has 0 heterocycles. The number of fused-ring (bicyclic) bond motifs is 14. The molecule has 22 aromatic carbocycles. The lowest BCUT2D eigenvalue weighted by Crippen LogP contribution is -1.91. The number of hydrogen-bond acceptors (Lipinski definition) is 0. The molecule has 22 aromatic rings. The van der Waals surface area contributed by atoms with E-state index < -0.39 is 0 Å². The van der Waals surface area contributed by atoms with Crippen molar-refractivity contribution in [1.29, 1.82) is 0 Å². The normalized spacial score (nSPS) is 11.6. The first-order chi connectivity index (χ1) is 55.5. The molecule has 0 fully saturated rings. The van der Waals surface area contributed by atoms with E-state index in [0.29, 0.717) is 0 Å². The van der Waals surface area contributed by atoms with E-state index in [2.05, 4.69) is 437 Å². The zero-order valence-electron chi connectivity index (χ0n) is 61.6. The molecule has 0 aromatic heterocycles. The molecule has 0 radical (unpaired) electrons. The first kappa shape index (κ1) is 65.7. The molecular weight excluding hydrogens is 1350 g/mol. The third-order valence-corrected chi connectivity index (χ3v) is 23.2. The molecule has 0 aliphatic carbocycles. The summed E-state index contributed by atoms with van der Waals surface area (Å²) in [6.07, 6.45) is 0. The van der Waals surface area contributed by atoms with Gasteiger partial charge in [0.15, 0.2) is 0 Å². The summed E-state index contributed by atoms with van der Waals surface area (Å²) in [5, 5.41) is 25.1. The van der Waals surface area contributed by atoms with Crippen LogP contribution in [0.4, 0.5) is 0 Å². The maximum absolute atomic E-state index is 2.46. The average Bonchev–Trinajstić information content (AvgIpc) is 0.727. The predicted octanol–water partition coefficient (Wildman–Crippen LogP) is 31.6. The van der Waals surface area contributed by atoms with Gasteiger partial charge < -0.3 is 0 Å². The molecule has 22 rings (SSSR count). The fraction of sp³-hybridized carbons (Fsp3) is 0. The van der Waals surface area contributed by atoms with Crippen LogP contribution in [0, 0.1) is 0 Å². The van der Waals surface area contributed by atoms with Gasteiger partial charge in [-0.25, -0.2) is 0 Å². The van der Waals surface area contributed by atoms with E-state index in [1.165, 1.54) is 219 Å². The number of rotatable bonds is 10. The molecule has 0 heteroatoms. The monoisotopic (exact) mass is 1420 g/mol. The van der Waals surface area contributed by atoms with Crippen LogP contribution in [0.1, 0.15) is 0 Å². The van der Waals surface area contributed by atoms with Gasteiger partial charge in [-0.1, -0.05) is 358 Å². The van der Waals surface area contributed by atoms with Crippen molar-refractivity contribution in [1.82, 2.24) is 0 Å². The molecular formula is C112H72. The summed E-state index contributed by atoms with van der Waals surface area (Å²) in [6, 6.07) is 161. The highest BCUT2D eigenvalue weighted by Gasteiger charge is 2.21.